The summed E-state index contributed by atoms with van der Waals surface area (Å²) in [4.78, 5) is 0. The van der Waals surface area contributed by atoms with Crippen LogP contribution >= 0.6 is 0 Å². The van der Waals surface area contributed by atoms with E-state index in [4.69, 9.17) is 0 Å². The minimum atomic E-state index is 1.02. The highest BCUT2D eigenvalue weighted by Crippen LogP contribution is 1.94. The summed E-state index contributed by atoms with van der Waals surface area (Å²) >= 11 is 0. The van der Waals surface area contributed by atoms with Crippen molar-refractivity contribution in [2.75, 3.05) is 0 Å². The second kappa shape index (κ2) is 5.18. The van der Waals surface area contributed by atoms with Crippen LogP contribution < -0.4 is 0 Å². The smallest absolute Gasteiger partial charge is 0.0199 e. The van der Waals surface area contributed by atoms with E-state index in [0.29, 0.717) is 0 Å². The highest BCUT2D eigenvalue weighted by Gasteiger charge is 1.77. The molecule has 0 aliphatic heterocycles. The van der Waals surface area contributed by atoms with Gasteiger partial charge in [0.25, 0.3) is 0 Å². The molecule has 0 heterocycles. The van der Waals surface area contributed by atoms with Crippen LogP contribution in [-0.4, -0.2) is 0 Å². The standard InChI is InChI=1S/C9H12/c1-4-7-9(6-3)8-5-2/h6-7H,3-4H2,1-2H3. The van der Waals surface area contributed by atoms with Gasteiger partial charge in [0.15, 0.2) is 0 Å². The minimum Gasteiger partial charge on any atom is -0.101 e. The molecule has 0 saturated carbocycles. The first-order valence-electron chi connectivity index (χ1n) is 3.10. The van der Waals surface area contributed by atoms with Crippen molar-refractivity contribution >= 4 is 0 Å². The molecular weight excluding hydrogens is 108 g/mol. The first-order chi connectivity index (χ1) is 4.35. The van der Waals surface area contributed by atoms with Gasteiger partial charge in [0.2, 0.25) is 0 Å². The molecule has 0 aromatic heterocycles. The summed E-state index contributed by atoms with van der Waals surface area (Å²) in [6.07, 6.45) is 4.86. The molecule has 0 nitrogen and oxygen atoms in total. The van der Waals surface area contributed by atoms with Crippen molar-refractivity contribution in [1.29, 1.82) is 0 Å². The molecule has 0 spiro atoms. The minimum absolute atomic E-state index is 1.02. The zero-order valence-corrected chi connectivity index (χ0v) is 6.07. The van der Waals surface area contributed by atoms with Crippen LogP contribution in [-0.2, 0) is 0 Å². The van der Waals surface area contributed by atoms with Gasteiger partial charge in [-0.1, -0.05) is 31.6 Å². The first kappa shape index (κ1) is 8.04. The van der Waals surface area contributed by atoms with E-state index in [2.05, 4.69) is 31.4 Å². The Labute approximate surface area is 57.3 Å². The summed E-state index contributed by atoms with van der Waals surface area (Å²) in [5.74, 6) is 5.74. The zero-order valence-electron chi connectivity index (χ0n) is 6.07. The molecule has 9 heavy (non-hydrogen) atoms. The van der Waals surface area contributed by atoms with Gasteiger partial charge in [-0.25, -0.2) is 0 Å². The van der Waals surface area contributed by atoms with Gasteiger partial charge in [0.05, 0.1) is 0 Å². The van der Waals surface area contributed by atoms with E-state index in [-0.39, 0.29) is 0 Å². The van der Waals surface area contributed by atoms with Crippen molar-refractivity contribution < 1.29 is 0 Å². The topological polar surface area (TPSA) is 0 Å². The maximum absolute atomic E-state index is 3.63. The molecule has 0 N–H and O–H groups in total. The van der Waals surface area contributed by atoms with Gasteiger partial charge in [-0.15, -0.1) is 5.92 Å². The third-order valence-corrected chi connectivity index (χ3v) is 0.913. The van der Waals surface area contributed by atoms with E-state index in [0.717, 1.165) is 12.0 Å². The Morgan fingerprint density at radius 1 is 1.67 bits per heavy atom. The van der Waals surface area contributed by atoms with Crippen LogP contribution in [0.5, 0.6) is 0 Å². The molecule has 0 saturated heterocycles. The maximum Gasteiger partial charge on any atom is 0.0199 e. The maximum atomic E-state index is 3.63. The van der Waals surface area contributed by atoms with E-state index in [1.807, 2.05) is 6.92 Å². The SMILES string of the molecule is C=CC(C#CC)=CCC. The Hall–Kier alpha value is -0.960. The van der Waals surface area contributed by atoms with Crippen LogP contribution in [0.4, 0.5) is 0 Å². The predicted molar refractivity (Wildman–Crippen MR) is 42.0 cm³/mol. The van der Waals surface area contributed by atoms with Crippen molar-refractivity contribution in [3.63, 3.8) is 0 Å². The molecule has 0 aliphatic rings. The summed E-state index contributed by atoms with van der Waals surface area (Å²) in [5.41, 5.74) is 1.03. The molecule has 0 aromatic carbocycles. The summed E-state index contributed by atoms with van der Waals surface area (Å²) < 4.78 is 0. The molecule has 0 rings (SSSR count). The van der Waals surface area contributed by atoms with Gasteiger partial charge in [-0.05, 0) is 13.3 Å². The van der Waals surface area contributed by atoms with Crippen LogP contribution in [0.1, 0.15) is 20.3 Å². The molecule has 0 aliphatic carbocycles. The summed E-state index contributed by atoms with van der Waals surface area (Å²) in [5, 5.41) is 0. The second-order valence-corrected chi connectivity index (χ2v) is 1.65. The van der Waals surface area contributed by atoms with Crippen LogP contribution in [0.15, 0.2) is 24.3 Å². The van der Waals surface area contributed by atoms with E-state index in [9.17, 15) is 0 Å². The van der Waals surface area contributed by atoms with Crippen LogP contribution in [0.25, 0.3) is 0 Å². The lowest BCUT2D eigenvalue weighted by atomic mass is 10.2. The van der Waals surface area contributed by atoms with Gasteiger partial charge >= 0.3 is 0 Å². The van der Waals surface area contributed by atoms with Gasteiger partial charge in [0, 0.05) is 5.57 Å². The van der Waals surface area contributed by atoms with E-state index < -0.39 is 0 Å². The lowest BCUT2D eigenvalue weighted by Gasteiger charge is -1.84. The molecule has 0 fully saturated rings. The van der Waals surface area contributed by atoms with Gasteiger partial charge < -0.3 is 0 Å². The third-order valence-electron chi connectivity index (χ3n) is 0.913. The fourth-order valence-corrected chi connectivity index (χ4v) is 0.550. The van der Waals surface area contributed by atoms with E-state index in [1.54, 1.807) is 6.08 Å². The Balaban J connectivity index is 4.09. The van der Waals surface area contributed by atoms with Gasteiger partial charge in [-0.3, -0.25) is 0 Å². The van der Waals surface area contributed by atoms with Crippen LogP contribution in [0, 0.1) is 11.8 Å². The quantitative estimate of drug-likeness (QED) is 0.388. The highest BCUT2D eigenvalue weighted by molar-refractivity contribution is 5.36. The molecular formula is C9H12. The van der Waals surface area contributed by atoms with Crippen LogP contribution in [0.2, 0.25) is 0 Å². The fraction of sp³-hybridized carbons (Fsp3) is 0.333. The predicted octanol–water partition coefficient (Wildman–Crippen LogP) is 2.53. The summed E-state index contributed by atoms with van der Waals surface area (Å²) in [6, 6.07) is 0. The lowest BCUT2D eigenvalue weighted by Crippen LogP contribution is -1.68. The van der Waals surface area contributed by atoms with Crippen molar-refractivity contribution in [1.82, 2.24) is 0 Å². The second-order valence-electron chi connectivity index (χ2n) is 1.65. The summed E-state index contributed by atoms with van der Waals surface area (Å²) in [7, 11) is 0. The third kappa shape index (κ3) is 3.61. The van der Waals surface area contributed by atoms with Gasteiger partial charge in [0.1, 0.15) is 0 Å². The number of hydrogen-bond donors (Lipinski definition) is 0. The van der Waals surface area contributed by atoms with Crippen molar-refractivity contribution in [2.24, 2.45) is 0 Å². The van der Waals surface area contributed by atoms with Crippen molar-refractivity contribution in [3.05, 3.63) is 24.3 Å². The summed E-state index contributed by atoms with van der Waals surface area (Å²) in [6.45, 7) is 7.54. The Bertz CT molecular complexity index is 162. The largest absolute Gasteiger partial charge is 0.101 e. The molecule has 0 unspecified atom stereocenters. The lowest BCUT2D eigenvalue weighted by molar-refractivity contribution is 1.21. The normalized spacial score (nSPS) is 9.78. The average Bonchev–Trinajstić information content (AvgIpc) is 1.88. The van der Waals surface area contributed by atoms with Crippen LogP contribution in [0.3, 0.4) is 0 Å². The molecule has 0 radical (unpaired) electrons. The number of allylic oxidation sites excluding steroid dienone is 3. The van der Waals surface area contributed by atoms with Crippen molar-refractivity contribution in [2.45, 2.75) is 20.3 Å². The molecule has 0 bridgehead atoms. The molecule has 0 amide bonds. The Morgan fingerprint density at radius 2 is 2.33 bits per heavy atom. The first-order valence-corrected chi connectivity index (χ1v) is 3.10. The molecule has 0 heteroatoms. The molecule has 0 aromatic rings. The zero-order chi connectivity index (χ0) is 7.11. The molecule has 48 valence electrons. The number of hydrogen-bond acceptors (Lipinski definition) is 0. The Morgan fingerprint density at radius 3 is 2.67 bits per heavy atom. The number of rotatable bonds is 2. The molecule has 0 atom stereocenters. The average molecular weight is 120 g/mol. The van der Waals surface area contributed by atoms with Crippen molar-refractivity contribution in [3.8, 4) is 11.8 Å². The van der Waals surface area contributed by atoms with E-state index in [1.165, 1.54) is 0 Å². The fourth-order valence-electron chi connectivity index (χ4n) is 0.550. The Kier molecular flexibility index (Phi) is 4.63. The highest BCUT2D eigenvalue weighted by atomic mass is 13.8. The van der Waals surface area contributed by atoms with Gasteiger partial charge in [-0.2, -0.15) is 0 Å². The van der Waals surface area contributed by atoms with E-state index >= 15 is 0 Å². The monoisotopic (exact) mass is 120 g/mol.